The van der Waals surface area contributed by atoms with E-state index in [0.29, 0.717) is 32.5 Å². The van der Waals surface area contributed by atoms with E-state index in [2.05, 4.69) is 26.6 Å². The van der Waals surface area contributed by atoms with Crippen molar-refractivity contribution in [2.24, 2.45) is 5.92 Å². The highest BCUT2D eigenvalue weighted by atomic mass is 79.9. The largest absolute Gasteiger partial charge is 0.325 e. The first-order valence-corrected chi connectivity index (χ1v) is 7.77. The fourth-order valence-electron chi connectivity index (χ4n) is 2.13. The number of anilines is 1. The quantitative estimate of drug-likeness (QED) is 0.789. The van der Waals surface area contributed by atoms with Gasteiger partial charge in [-0.3, -0.25) is 4.79 Å². The van der Waals surface area contributed by atoms with Crippen LogP contribution < -0.4 is 10.6 Å². The first-order valence-electron chi connectivity index (χ1n) is 6.22. The third kappa shape index (κ3) is 4.09. The molecule has 2 rings (SSSR count). The van der Waals surface area contributed by atoms with Gasteiger partial charge in [0.2, 0.25) is 5.91 Å². The second kappa shape index (κ2) is 6.93. The van der Waals surface area contributed by atoms with Crippen LogP contribution in [0.3, 0.4) is 0 Å². The fraction of sp³-hybridized carbons (Fsp3) is 0.462. The molecule has 1 aromatic carbocycles. The zero-order valence-electron chi connectivity index (χ0n) is 10.3. The average Bonchev–Trinajstić information content (AvgIpc) is 2.90. The Morgan fingerprint density at radius 1 is 1.42 bits per heavy atom. The first kappa shape index (κ1) is 15.1. The summed E-state index contributed by atoms with van der Waals surface area (Å²) in [5.74, 6) is 0.585. The van der Waals surface area contributed by atoms with Gasteiger partial charge in [-0.05, 0) is 59.9 Å². The van der Waals surface area contributed by atoms with Gasteiger partial charge >= 0.3 is 0 Å². The van der Waals surface area contributed by atoms with Gasteiger partial charge in [-0.25, -0.2) is 0 Å². The summed E-state index contributed by atoms with van der Waals surface area (Å²) in [6, 6.07) is 3.51. The van der Waals surface area contributed by atoms with Crippen LogP contribution in [-0.4, -0.2) is 19.0 Å². The minimum absolute atomic E-state index is 0.0211. The SMILES string of the molecule is O=C(CCC1CCNC1)Nc1ccc(Br)c(Cl)c1Cl. The number of hydrogen-bond acceptors (Lipinski definition) is 2. The van der Waals surface area contributed by atoms with E-state index >= 15 is 0 Å². The Bertz CT molecular complexity index is 476. The van der Waals surface area contributed by atoms with Crippen molar-refractivity contribution in [1.29, 1.82) is 0 Å². The lowest BCUT2D eigenvalue weighted by Gasteiger charge is -2.11. The maximum atomic E-state index is 11.9. The molecule has 19 heavy (non-hydrogen) atoms. The van der Waals surface area contributed by atoms with Gasteiger partial charge < -0.3 is 10.6 Å². The van der Waals surface area contributed by atoms with Crippen LogP contribution >= 0.6 is 39.1 Å². The van der Waals surface area contributed by atoms with Crippen LogP contribution in [0, 0.1) is 5.92 Å². The van der Waals surface area contributed by atoms with Crippen LogP contribution in [0.4, 0.5) is 5.69 Å². The number of amides is 1. The van der Waals surface area contributed by atoms with Gasteiger partial charge in [0.15, 0.2) is 0 Å². The van der Waals surface area contributed by atoms with Crippen LogP contribution in [0.1, 0.15) is 19.3 Å². The summed E-state index contributed by atoms with van der Waals surface area (Å²) in [5.41, 5.74) is 0.560. The Kier molecular flexibility index (Phi) is 5.51. The van der Waals surface area contributed by atoms with Crippen molar-refractivity contribution in [3.05, 3.63) is 26.7 Å². The Balaban J connectivity index is 1.89. The number of rotatable bonds is 4. The van der Waals surface area contributed by atoms with Crippen LogP contribution in [0.2, 0.25) is 10.0 Å². The van der Waals surface area contributed by atoms with Crippen molar-refractivity contribution in [2.45, 2.75) is 19.3 Å². The highest BCUT2D eigenvalue weighted by molar-refractivity contribution is 9.10. The molecular formula is C13H15BrCl2N2O. The summed E-state index contributed by atoms with van der Waals surface area (Å²) in [5, 5.41) is 6.88. The maximum absolute atomic E-state index is 11.9. The van der Waals surface area contributed by atoms with Crippen molar-refractivity contribution >= 4 is 50.7 Å². The normalized spacial score (nSPS) is 18.6. The van der Waals surface area contributed by atoms with Gasteiger partial charge in [0, 0.05) is 10.9 Å². The van der Waals surface area contributed by atoms with Gasteiger partial charge in [0.1, 0.15) is 0 Å². The molecule has 0 aliphatic carbocycles. The molecule has 1 amide bonds. The Hall–Kier alpha value is -0.290. The molecule has 0 saturated carbocycles. The molecule has 1 saturated heterocycles. The van der Waals surface area contributed by atoms with Crippen molar-refractivity contribution in [1.82, 2.24) is 5.32 Å². The highest BCUT2D eigenvalue weighted by Gasteiger charge is 2.16. The van der Waals surface area contributed by atoms with Crippen LogP contribution in [0.25, 0.3) is 0 Å². The van der Waals surface area contributed by atoms with Gasteiger partial charge in [0.05, 0.1) is 15.7 Å². The lowest BCUT2D eigenvalue weighted by molar-refractivity contribution is -0.116. The lowest BCUT2D eigenvalue weighted by atomic mass is 10.0. The molecule has 1 heterocycles. The zero-order chi connectivity index (χ0) is 13.8. The van der Waals surface area contributed by atoms with E-state index in [0.717, 1.165) is 25.9 Å². The van der Waals surface area contributed by atoms with E-state index in [4.69, 9.17) is 23.2 Å². The van der Waals surface area contributed by atoms with Crippen LogP contribution in [0.5, 0.6) is 0 Å². The van der Waals surface area contributed by atoms with E-state index in [9.17, 15) is 4.79 Å². The van der Waals surface area contributed by atoms with Gasteiger partial charge in [-0.15, -0.1) is 0 Å². The molecule has 0 aromatic heterocycles. The topological polar surface area (TPSA) is 41.1 Å². The molecule has 0 bridgehead atoms. The summed E-state index contributed by atoms with van der Waals surface area (Å²) in [6.07, 6.45) is 2.56. The molecule has 104 valence electrons. The average molecular weight is 366 g/mol. The smallest absolute Gasteiger partial charge is 0.224 e. The predicted molar refractivity (Wildman–Crippen MR) is 83.0 cm³/mol. The monoisotopic (exact) mass is 364 g/mol. The van der Waals surface area contributed by atoms with Gasteiger partial charge in [-0.1, -0.05) is 23.2 Å². The number of nitrogens with one attached hydrogen (secondary N) is 2. The molecule has 1 aromatic rings. The molecule has 6 heteroatoms. The van der Waals surface area contributed by atoms with Crippen molar-refractivity contribution in [2.75, 3.05) is 18.4 Å². The van der Waals surface area contributed by atoms with Crippen LogP contribution in [0.15, 0.2) is 16.6 Å². The fourth-order valence-corrected chi connectivity index (χ4v) is 2.95. The van der Waals surface area contributed by atoms with Crippen LogP contribution in [-0.2, 0) is 4.79 Å². The summed E-state index contributed by atoms with van der Waals surface area (Å²) < 4.78 is 0.717. The van der Waals surface area contributed by atoms with E-state index in [-0.39, 0.29) is 5.91 Å². The van der Waals surface area contributed by atoms with Crippen molar-refractivity contribution in [3.63, 3.8) is 0 Å². The second-order valence-corrected chi connectivity index (χ2v) is 6.28. The molecule has 0 radical (unpaired) electrons. The molecule has 1 aliphatic heterocycles. The molecule has 1 unspecified atom stereocenters. The third-order valence-corrected chi connectivity index (χ3v) is 5.02. The maximum Gasteiger partial charge on any atom is 0.224 e. The minimum atomic E-state index is -0.0211. The summed E-state index contributed by atoms with van der Waals surface area (Å²) >= 11 is 15.4. The van der Waals surface area contributed by atoms with E-state index < -0.39 is 0 Å². The molecule has 1 atom stereocenters. The molecule has 0 spiro atoms. The third-order valence-electron chi connectivity index (χ3n) is 3.25. The molecule has 1 aliphatic rings. The van der Waals surface area contributed by atoms with Gasteiger partial charge in [-0.2, -0.15) is 0 Å². The molecule has 1 fully saturated rings. The molecular weight excluding hydrogens is 351 g/mol. The van der Waals surface area contributed by atoms with Gasteiger partial charge in [0.25, 0.3) is 0 Å². The summed E-state index contributed by atoms with van der Waals surface area (Å²) in [7, 11) is 0. The number of halogens is 3. The second-order valence-electron chi connectivity index (χ2n) is 4.67. The summed E-state index contributed by atoms with van der Waals surface area (Å²) in [4.78, 5) is 11.9. The number of benzene rings is 1. The highest BCUT2D eigenvalue weighted by Crippen LogP contribution is 2.35. The predicted octanol–water partition coefficient (Wildman–Crippen LogP) is 4.08. The lowest BCUT2D eigenvalue weighted by Crippen LogP contribution is -2.15. The Morgan fingerprint density at radius 3 is 2.89 bits per heavy atom. The minimum Gasteiger partial charge on any atom is -0.325 e. The number of carbonyl (C=O) groups excluding carboxylic acids is 1. The zero-order valence-corrected chi connectivity index (χ0v) is 13.4. The number of hydrogen-bond donors (Lipinski definition) is 2. The first-order chi connectivity index (χ1) is 9.08. The Morgan fingerprint density at radius 2 is 2.21 bits per heavy atom. The molecule has 2 N–H and O–H groups in total. The van der Waals surface area contributed by atoms with E-state index in [1.54, 1.807) is 12.1 Å². The Labute approximate surface area is 131 Å². The number of carbonyl (C=O) groups is 1. The van der Waals surface area contributed by atoms with E-state index in [1.165, 1.54) is 0 Å². The summed E-state index contributed by atoms with van der Waals surface area (Å²) in [6.45, 7) is 2.07. The van der Waals surface area contributed by atoms with Crippen molar-refractivity contribution in [3.8, 4) is 0 Å². The van der Waals surface area contributed by atoms with E-state index in [1.807, 2.05) is 0 Å². The van der Waals surface area contributed by atoms with Crippen molar-refractivity contribution < 1.29 is 4.79 Å². The molecule has 3 nitrogen and oxygen atoms in total. The standard InChI is InChI=1S/C13H15BrCl2N2O/c14-9-2-3-10(13(16)12(9)15)18-11(19)4-1-8-5-6-17-7-8/h2-3,8,17H,1,4-7H2,(H,18,19).